The second-order valence-electron chi connectivity index (χ2n) is 6.15. The third kappa shape index (κ3) is 4.29. The molecule has 0 unspecified atom stereocenters. The summed E-state index contributed by atoms with van der Waals surface area (Å²) < 4.78 is 0. The van der Waals surface area contributed by atoms with Crippen molar-refractivity contribution in [3.05, 3.63) is 59.4 Å². The second kappa shape index (κ2) is 7.70. The molecule has 1 saturated carbocycles. The molecule has 4 N–H and O–H groups in total. The van der Waals surface area contributed by atoms with Crippen LogP contribution in [0.15, 0.2) is 52.8 Å². The largest absolute Gasteiger partial charge is 0.398 e. The minimum Gasteiger partial charge on any atom is -0.398 e. The van der Waals surface area contributed by atoms with Gasteiger partial charge >= 0.3 is 0 Å². The van der Waals surface area contributed by atoms with E-state index in [1.807, 2.05) is 18.2 Å². The van der Waals surface area contributed by atoms with Crippen LogP contribution in [0.3, 0.4) is 0 Å². The van der Waals surface area contributed by atoms with E-state index in [1.165, 1.54) is 12.8 Å². The van der Waals surface area contributed by atoms with Crippen molar-refractivity contribution in [2.24, 2.45) is 16.0 Å². The van der Waals surface area contributed by atoms with Crippen LogP contribution in [-0.4, -0.2) is 29.8 Å². The smallest absolute Gasteiger partial charge is 0.178 e. The molecule has 3 rings (SSSR count). The number of benzene rings is 1. The van der Waals surface area contributed by atoms with Crippen molar-refractivity contribution in [2.75, 3.05) is 12.3 Å². The Hall–Kier alpha value is -3.02. The number of aromatic nitrogens is 1. The molecule has 128 valence electrons. The van der Waals surface area contributed by atoms with Crippen LogP contribution in [0.4, 0.5) is 5.69 Å². The number of nitrogens with one attached hydrogen (secondary N) is 2. The van der Waals surface area contributed by atoms with Crippen LogP contribution in [0.25, 0.3) is 0 Å². The highest BCUT2D eigenvalue weighted by Crippen LogP contribution is 2.31. The SMILES string of the molecule is C=N/C(=N\NCCC1CC1)c1ccc(N)c(C(=N)c2cccnc2)c1. The number of anilines is 1. The molecule has 0 atom stereocenters. The van der Waals surface area contributed by atoms with Gasteiger partial charge in [-0.15, -0.1) is 0 Å². The first kappa shape index (κ1) is 16.8. The van der Waals surface area contributed by atoms with Crippen molar-refractivity contribution in [3.8, 4) is 0 Å². The molecule has 1 aromatic carbocycles. The number of pyridine rings is 1. The van der Waals surface area contributed by atoms with Gasteiger partial charge in [0.1, 0.15) is 0 Å². The monoisotopic (exact) mass is 334 g/mol. The summed E-state index contributed by atoms with van der Waals surface area (Å²) in [7, 11) is 0. The highest BCUT2D eigenvalue weighted by Gasteiger charge is 2.20. The van der Waals surface area contributed by atoms with Crippen LogP contribution < -0.4 is 11.2 Å². The average molecular weight is 334 g/mol. The lowest BCUT2D eigenvalue weighted by atomic mass is 9.99. The van der Waals surface area contributed by atoms with Gasteiger partial charge in [-0.2, -0.15) is 5.10 Å². The van der Waals surface area contributed by atoms with E-state index in [-0.39, 0.29) is 0 Å². The van der Waals surface area contributed by atoms with E-state index in [0.717, 1.165) is 24.4 Å². The fourth-order valence-electron chi connectivity index (χ4n) is 2.58. The molecule has 6 heteroatoms. The van der Waals surface area contributed by atoms with Crippen LogP contribution in [0.1, 0.15) is 36.0 Å². The highest BCUT2D eigenvalue weighted by atomic mass is 15.3. The summed E-state index contributed by atoms with van der Waals surface area (Å²) in [6.45, 7) is 4.43. The molecule has 1 aliphatic carbocycles. The number of hydrazone groups is 1. The summed E-state index contributed by atoms with van der Waals surface area (Å²) in [4.78, 5) is 8.07. The molecule has 2 aromatic rings. The fourth-order valence-corrected chi connectivity index (χ4v) is 2.58. The standard InChI is InChI=1S/C19H22N6/c1-22-19(25-24-10-8-13-4-5-13)14-6-7-17(20)16(11-14)18(21)15-3-2-9-23-12-15/h2-3,6-7,9,11-13,21,24H,1,4-5,8,10,20H2/b21-18?,25-19-. The maximum Gasteiger partial charge on any atom is 0.178 e. The van der Waals surface area contributed by atoms with Gasteiger partial charge in [0, 0.05) is 41.3 Å². The molecular weight excluding hydrogens is 312 g/mol. The van der Waals surface area contributed by atoms with Gasteiger partial charge in [0.05, 0.1) is 5.71 Å². The summed E-state index contributed by atoms with van der Waals surface area (Å²) >= 11 is 0. The molecule has 0 spiro atoms. The number of hydrogen-bond acceptors (Lipinski definition) is 5. The Bertz CT molecular complexity index is 793. The molecule has 25 heavy (non-hydrogen) atoms. The first-order chi connectivity index (χ1) is 12.2. The predicted molar refractivity (Wildman–Crippen MR) is 102 cm³/mol. The zero-order valence-corrected chi connectivity index (χ0v) is 14.1. The zero-order chi connectivity index (χ0) is 17.6. The van der Waals surface area contributed by atoms with Crippen molar-refractivity contribution >= 4 is 24.0 Å². The predicted octanol–water partition coefficient (Wildman–Crippen LogP) is 2.83. The maximum absolute atomic E-state index is 8.41. The molecule has 0 amide bonds. The van der Waals surface area contributed by atoms with Gasteiger partial charge in [-0.3, -0.25) is 10.4 Å². The molecule has 6 nitrogen and oxygen atoms in total. The van der Waals surface area contributed by atoms with Gasteiger partial charge in [-0.1, -0.05) is 12.8 Å². The topological polar surface area (TPSA) is 99.5 Å². The Morgan fingerprint density at radius 1 is 1.32 bits per heavy atom. The Morgan fingerprint density at radius 2 is 2.16 bits per heavy atom. The van der Waals surface area contributed by atoms with Gasteiger partial charge in [0.15, 0.2) is 5.84 Å². The lowest BCUT2D eigenvalue weighted by Crippen LogP contribution is -2.13. The molecule has 0 saturated heterocycles. The van der Waals surface area contributed by atoms with Gasteiger partial charge < -0.3 is 11.2 Å². The Morgan fingerprint density at radius 3 is 2.84 bits per heavy atom. The first-order valence-corrected chi connectivity index (χ1v) is 8.35. The minimum atomic E-state index is 0.317. The number of amidine groups is 1. The number of nitrogens with two attached hydrogens (primary N) is 1. The van der Waals surface area contributed by atoms with Crippen LogP contribution in [0, 0.1) is 11.3 Å². The summed E-state index contributed by atoms with van der Waals surface area (Å²) in [6, 6.07) is 9.06. The molecule has 1 fully saturated rings. The Kier molecular flexibility index (Phi) is 5.18. The zero-order valence-electron chi connectivity index (χ0n) is 14.1. The molecule has 0 radical (unpaired) electrons. The quantitative estimate of drug-likeness (QED) is 0.239. The third-order valence-electron chi connectivity index (χ3n) is 4.23. The third-order valence-corrected chi connectivity index (χ3v) is 4.23. The number of rotatable bonds is 7. The number of nitrogens with zero attached hydrogens (tertiary/aromatic N) is 3. The maximum atomic E-state index is 8.41. The molecule has 1 heterocycles. The minimum absolute atomic E-state index is 0.317. The number of hydrogen-bond donors (Lipinski definition) is 3. The van der Waals surface area contributed by atoms with E-state index in [1.54, 1.807) is 24.5 Å². The van der Waals surface area contributed by atoms with E-state index < -0.39 is 0 Å². The van der Waals surface area contributed by atoms with Gasteiger partial charge in [0.25, 0.3) is 0 Å². The first-order valence-electron chi connectivity index (χ1n) is 8.35. The molecular formula is C19H22N6. The van der Waals surface area contributed by atoms with Crippen molar-refractivity contribution in [2.45, 2.75) is 19.3 Å². The summed E-state index contributed by atoms with van der Waals surface area (Å²) in [5, 5.41) is 12.7. The lowest BCUT2D eigenvalue weighted by molar-refractivity contribution is 0.636. The number of aliphatic imine (C=N–C) groups is 1. The summed E-state index contributed by atoms with van der Waals surface area (Å²) in [6.07, 6.45) is 7.11. The van der Waals surface area contributed by atoms with Crippen molar-refractivity contribution < 1.29 is 0 Å². The van der Waals surface area contributed by atoms with E-state index in [0.29, 0.717) is 28.4 Å². The van der Waals surface area contributed by atoms with Crippen LogP contribution in [0.2, 0.25) is 0 Å². The van der Waals surface area contributed by atoms with E-state index >= 15 is 0 Å². The average Bonchev–Trinajstić information content (AvgIpc) is 3.47. The molecule has 0 aliphatic heterocycles. The van der Waals surface area contributed by atoms with Crippen molar-refractivity contribution in [3.63, 3.8) is 0 Å². The van der Waals surface area contributed by atoms with Crippen LogP contribution in [-0.2, 0) is 0 Å². The summed E-state index contributed by atoms with van der Waals surface area (Å²) in [5.74, 6) is 1.35. The van der Waals surface area contributed by atoms with Gasteiger partial charge in [-0.25, -0.2) is 4.99 Å². The molecule has 0 bridgehead atoms. The second-order valence-corrected chi connectivity index (χ2v) is 6.15. The lowest BCUT2D eigenvalue weighted by Gasteiger charge is -2.10. The highest BCUT2D eigenvalue weighted by molar-refractivity contribution is 6.15. The van der Waals surface area contributed by atoms with E-state index in [9.17, 15) is 0 Å². The van der Waals surface area contributed by atoms with Crippen LogP contribution in [0.5, 0.6) is 0 Å². The van der Waals surface area contributed by atoms with E-state index in [2.05, 4.69) is 27.2 Å². The normalized spacial score (nSPS) is 14.2. The number of nitrogen functional groups attached to an aromatic ring is 1. The van der Waals surface area contributed by atoms with Crippen molar-refractivity contribution in [1.82, 2.24) is 10.4 Å². The fraction of sp³-hybridized carbons (Fsp3) is 0.263. The molecule has 1 aromatic heterocycles. The van der Waals surface area contributed by atoms with Gasteiger partial charge in [-0.05, 0) is 49.4 Å². The van der Waals surface area contributed by atoms with Gasteiger partial charge in [0.2, 0.25) is 0 Å². The van der Waals surface area contributed by atoms with E-state index in [4.69, 9.17) is 11.1 Å². The Labute approximate surface area is 147 Å². The molecule has 1 aliphatic rings. The Balaban J connectivity index is 1.80. The summed E-state index contributed by atoms with van der Waals surface area (Å²) in [5.41, 5.74) is 12.1. The van der Waals surface area contributed by atoms with Crippen LogP contribution >= 0.6 is 0 Å². The van der Waals surface area contributed by atoms with Crippen molar-refractivity contribution in [1.29, 1.82) is 5.41 Å².